The van der Waals surface area contributed by atoms with Gasteiger partial charge in [-0.1, -0.05) is 6.92 Å². The third-order valence-corrected chi connectivity index (χ3v) is 5.35. The van der Waals surface area contributed by atoms with Gasteiger partial charge in [-0.3, -0.25) is 0 Å². The van der Waals surface area contributed by atoms with Gasteiger partial charge in [0.05, 0.1) is 0 Å². The fourth-order valence-electron chi connectivity index (χ4n) is 3.77. The highest BCUT2D eigenvalue weighted by Crippen LogP contribution is 2.32. The minimum Gasteiger partial charge on any atom is -0.310 e. The van der Waals surface area contributed by atoms with Crippen molar-refractivity contribution in [1.29, 1.82) is 0 Å². The monoisotopic (exact) mass is 265 g/mol. The highest BCUT2D eigenvalue weighted by Gasteiger charge is 2.33. The highest BCUT2D eigenvalue weighted by molar-refractivity contribution is 4.90. The summed E-state index contributed by atoms with van der Waals surface area (Å²) in [5.41, 5.74) is 0.563. The van der Waals surface area contributed by atoms with E-state index in [0.29, 0.717) is 5.41 Å². The van der Waals surface area contributed by atoms with Crippen LogP contribution in [-0.2, 0) is 0 Å². The zero-order valence-electron chi connectivity index (χ0n) is 12.8. The van der Waals surface area contributed by atoms with Crippen molar-refractivity contribution >= 4 is 0 Å². The Morgan fingerprint density at radius 3 is 2.47 bits per heavy atom. The van der Waals surface area contributed by atoms with Crippen LogP contribution in [0.25, 0.3) is 0 Å². The first-order valence-electron chi connectivity index (χ1n) is 8.30. The molecule has 2 aliphatic heterocycles. The maximum Gasteiger partial charge on any atom is 0.0198 e. The number of nitrogens with zero attached hydrogens (tertiary/aromatic N) is 2. The van der Waals surface area contributed by atoms with E-state index in [0.717, 1.165) is 12.1 Å². The third-order valence-electron chi connectivity index (χ3n) is 5.35. The molecule has 3 rings (SSSR count). The molecule has 1 N–H and O–H groups in total. The molecule has 3 aliphatic rings. The van der Waals surface area contributed by atoms with Gasteiger partial charge in [-0.25, -0.2) is 0 Å². The smallest absolute Gasteiger partial charge is 0.0198 e. The van der Waals surface area contributed by atoms with Gasteiger partial charge in [0.2, 0.25) is 0 Å². The summed E-state index contributed by atoms with van der Waals surface area (Å²) in [6.07, 6.45) is 8.37. The quantitative estimate of drug-likeness (QED) is 0.838. The topological polar surface area (TPSA) is 18.5 Å². The van der Waals surface area contributed by atoms with Crippen molar-refractivity contribution in [2.24, 2.45) is 5.41 Å². The lowest BCUT2D eigenvalue weighted by Gasteiger charge is -2.43. The Bertz CT molecular complexity index is 292. The Kier molecular flexibility index (Phi) is 4.16. The van der Waals surface area contributed by atoms with Crippen molar-refractivity contribution in [2.45, 2.75) is 57.5 Å². The SMILES string of the molecule is CN1CCC(C)(CN2CCCC(NC3CC3)C2)CC1. The standard InChI is InChI=1S/C16H31N3/c1-16(7-10-18(2)11-8-16)13-19-9-3-4-15(12-19)17-14-5-6-14/h14-15,17H,3-13H2,1-2H3. The maximum absolute atomic E-state index is 3.83. The van der Waals surface area contributed by atoms with E-state index in [2.05, 4.69) is 29.1 Å². The van der Waals surface area contributed by atoms with Gasteiger partial charge in [-0.2, -0.15) is 0 Å². The molecule has 3 nitrogen and oxygen atoms in total. The lowest BCUT2D eigenvalue weighted by atomic mass is 9.79. The van der Waals surface area contributed by atoms with Crippen LogP contribution in [0, 0.1) is 5.41 Å². The highest BCUT2D eigenvalue weighted by atomic mass is 15.2. The summed E-state index contributed by atoms with van der Waals surface area (Å²) in [6, 6.07) is 1.64. The fraction of sp³-hybridized carbons (Fsp3) is 1.00. The summed E-state index contributed by atoms with van der Waals surface area (Å²) in [7, 11) is 2.26. The van der Waals surface area contributed by atoms with Gasteiger partial charge in [0.1, 0.15) is 0 Å². The molecule has 1 unspecified atom stereocenters. The van der Waals surface area contributed by atoms with E-state index in [4.69, 9.17) is 0 Å². The molecular weight excluding hydrogens is 234 g/mol. The Hall–Kier alpha value is -0.120. The molecule has 110 valence electrons. The van der Waals surface area contributed by atoms with Crippen molar-refractivity contribution in [2.75, 3.05) is 39.8 Å². The predicted molar refractivity (Wildman–Crippen MR) is 80.5 cm³/mol. The second-order valence-corrected chi connectivity index (χ2v) is 7.63. The van der Waals surface area contributed by atoms with Crippen LogP contribution in [0.5, 0.6) is 0 Å². The van der Waals surface area contributed by atoms with E-state index in [9.17, 15) is 0 Å². The van der Waals surface area contributed by atoms with Crippen molar-refractivity contribution in [3.8, 4) is 0 Å². The van der Waals surface area contributed by atoms with Crippen molar-refractivity contribution in [3.05, 3.63) is 0 Å². The van der Waals surface area contributed by atoms with Gasteiger partial charge in [0, 0.05) is 25.2 Å². The molecule has 1 aliphatic carbocycles. The van der Waals surface area contributed by atoms with Crippen molar-refractivity contribution in [3.63, 3.8) is 0 Å². The van der Waals surface area contributed by atoms with Gasteiger partial charge in [0.15, 0.2) is 0 Å². The van der Waals surface area contributed by atoms with E-state index in [-0.39, 0.29) is 0 Å². The molecule has 1 saturated carbocycles. The Morgan fingerprint density at radius 2 is 1.79 bits per heavy atom. The van der Waals surface area contributed by atoms with Crippen LogP contribution in [0.2, 0.25) is 0 Å². The molecule has 3 fully saturated rings. The summed E-state index contributed by atoms with van der Waals surface area (Å²) < 4.78 is 0. The number of nitrogens with one attached hydrogen (secondary N) is 1. The van der Waals surface area contributed by atoms with Gasteiger partial charge in [0.25, 0.3) is 0 Å². The lowest BCUT2D eigenvalue weighted by molar-refractivity contribution is 0.0693. The first-order valence-corrected chi connectivity index (χ1v) is 8.30. The average molecular weight is 265 g/mol. The molecular formula is C16H31N3. The summed E-state index contributed by atoms with van der Waals surface area (Å²) >= 11 is 0. The Labute approximate surface area is 118 Å². The zero-order chi connectivity index (χ0) is 13.3. The minimum atomic E-state index is 0.563. The maximum atomic E-state index is 3.83. The lowest BCUT2D eigenvalue weighted by Crippen LogP contribution is -2.51. The molecule has 2 saturated heterocycles. The van der Waals surface area contributed by atoms with Crippen LogP contribution in [-0.4, -0.2) is 61.7 Å². The van der Waals surface area contributed by atoms with E-state index in [1.807, 2.05) is 0 Å². The van der Waals surface area contributed by atoms with E-state index >= 15 is 0 Å². The molecule has 0 radical (unpaired) electrons. The van der Waals surface area contributed by atoms with Gasteiger partial charge in [-0.15, -0.1) is 0 Å². The molecule has 0 aromatic rings. The van der Waals surface area contributed by atoms with E-state index in [1.54, 1.807) is 0 Å². The van der Waals surface area contributed by atoms with Crippen molar-refractivity contribution in [1.82, 2.24) is 15.1 Å². The van der Waals surface area contributed by atoms with Gasteiger partial charge in [-0.05, 0) is 70.6 Å². The molecule has 3 heteroatoms. The molecule has 0 aromatic carbocycles. The molecule has 1 atom stereocenters. The van der Waals surface area contributed by atoms with E-state index in [1.165, 1.54) is 71.2 Å². The Balaban J connectivity index is 1.48. The first-order chi connectivity index (χ1) is 9.13. The Morgan fingerprint density at radius 1 is 1.05 bits per heavy atom. The number of hydrogen-bond acceptors (Lipinski definition) is 3. The number of piperidine rings is 2. The molecule has 0 aromatic heterocycles. The largest absolute Gasteiger partial charge is 0.310 e. The summed E-state index contributed by atoms with van der Waals surface area (Å²) in [4.78, 5) is 5.23. The van der Waals surface area contributed by atoms with Crippen LogP contribution < -0.4 is 5.32 Å². The number of rotatable bonds is 4. The summed E-state index contributed by atoms with van der Waals surface area (Å²) in [5.74, 6) is 0. The zero-order valence-corrected chi connectivity index (χ0v) is 12.8. The summed E-state index contributed by atoms with van der Waals surface area (Å²) in [5, 5.41) is 3.83. The van der Waals surface area contributed by atoms with Crippen LogP contribution in [0.1, 0.15) is 45.4 Å². The van der Waals surface area contributed by atoms with Gasteiger partial charge < -0.3 is 15.1 Å². The van der Waals surface area contributed by atoms with Crippen LogP contribution >= 0.6 is 0 Å². The van der Waals surface area contributed by atoms with Gasteiger partial charge >= 0.3 is 0 Å². The molecule has 2 heterocycles. The first kappa shape index (κ1) is 13.8. The van der Waals surface area contributed by atoms with E-state index < -0.39 is 0 Å². The fourth-order valence-corrected chi connectivity index (χ4v) is 3.77. The molecule has 0 bridgehead atoms. The predicted octanol–water partition coefficient (Wildman–Crippen LogP) is 1.93. The number of likely N-dealkylation sites (tertiary alicyclic amines) is 2. The second kappa shape index (κ2) is 5.71. The van der Waals surface area contributed by atoms with Crippen molar-refractivity contribution < 1.29 is 0 Å². The van der Waals surface area contributed by atoms with Crippen LogP contribution in [0.4, 0.5) is 0 Å². The molecule has 0 amide bonds. The molecule has 0 spiro atoms. The molecule has 19 heavy (non-hydrogen) atoms. The summed E-state index contributed by atoms with van der Waals surface area (Å²) in [6.45, 7) is 9.03. The average Bonchev–Trinajstić information content (AvgIpc) is 3.18. The normalized spacial score (nSPS) is 33.5. The van der Waals surface area contributed by atoms with Crippen LogP contribution in [0.15, 0.2) is 0 Å². The number of hydrogen-bond donors (Lipinski definition) is 1. The van der Waals surface area contributed by atoms with Crippen LogP contribution in [0.3, 0.4) is 0 Å². The minimum absolute atomic E-state index is 0.563. The second-order valence-electron chi connectivity index (χ2n) is 7.63. The third kappa shape index (κ3) is 3.93.